The molecule has 0 bridgehead atoms. The number of morpholine rings is 1. The van der Waals surface area contributed by atoms with Gasteiger partial charge < -0.3 is 4.74 Å². The Morgan fingerprint density at radius 1 is 1.53 bits per heavy atom. The van der Waals surface area contributed by atoms with Crippen LogP contribution in [0.1, 0.15) is 17.6 Å². The molecule has 0 saturated carbocycles. The number of rotatable bonds is 2. The molecule has 1 aliphatic rings. The van der Waals surface area contributed by atoms with Crippen LogP contribution in [0.15, 0.2) is 12.3 Å². The summed E-state index contributed by atoms with van der Waals surface area (Å²) >= 11 is 0. The van der Waals surface area contributed by atoms with Crippen LogP contribution in [0.25, 0.3) is 0 Å². The average Bonchev–Trinajstić information content (AvgIpc) is 2.28. The highest BCUT2D eigenvalue weighted by molar-refractivity contribution is 7.88. The highest BCUT2D eigenvalue weighted by atomic mass is 32.2. The molecule has 0 aromatic carbocycles. The van der Waals surface area contributed by atoms with Gasteiger partial charge in [0.2, 0.25) is 10.0 Å². The summed E-state index contributed by atoms with van der Waals surface area (Å²) in [5, 5.41) is 0. The minimum atomic E-state index is -3.17. The van der Waals surface area contributed by atoms with E-state index in [2.05, 4.69) is 9.97 Å². The molecule has 1 saturated heterocycles. The van der Waals surface area contributed by atoms with Crippen LogP contribution in [0.5, 0.6) is 0 Å². The van der Waals surface area contributed by atoms with Gasteiger partial charge in [0.05, 0.1) is 18.6 Å². The monoisotopic (exact) mass is 257 g/mol. The second kappa shape index (κ2) is 4.67. The van der Waals surface area contributed by atoms with Gasteiger partial charge in [0.15, 0.2) is 0 Å². The topological polar surface area (TPSA) is 72.4 Å². The molecule has 6 nitrogen and oxygen atoms in total. The van der Waals surface area contributed by atoms with Crippen molar-refractivity contribution in [3.8, 4) is 0 Å². The molecule has 0 N–H and O–H groups in total. The third kappa shape index (κ3) is 2.99. The normalized spacial score (nSPS) is 22.6. The molecule has 2 heterocycles. The fourth-order valence-corrected chi connectivity index (χ4v) is 2.57. The molecule has 0 radical (unpaired) electrons. The minimum absolute atomic E-state index is 0.305. The Morgan fingerprint density at radius 2 is 2.29 bits per heavy atom. The van der Waals surface area contributed by atoms with Gasteiger partial charge in [-0.25, -0.2) is 18.4 Å². The molecule has 17 heavy (non-hydrogen) atoms. The summed E-state index contributed by atoms with van der Waals surface area (Å²) in [6.07, 6.45) is 2.56. The molecule has 1 aromatic rings. The second-order valence-corrected chi connectivity index (χ2v) is 5.99. The Morgan fingerprint density at radius 3 is 2.94 bits per heavy atom. The average molecular weight is 257 g/mol. The van der Waals surface area contributed by atoms with E-state index in [0.717, 1.165) is 5.69 Å². The molecule has 1 fully saturated rings. The predicted octanol–water partition coefficient (Wildman–Crippen LogP) is 0.118. The molecule has 2 rings (SSSR count). The van der Waals surface area contributed by atoms with Gasteiger partial charge in [-0.05, 0) is 13.0 Å². The van der Waals surface area contributed by atoms with Crippen LogP contribution in [0.3, 0.4) is 0 Å². The van der Waals surface area contributed by atoms with E-state index in [-0.39, 0.29) is 6.10 Å². The largest absolute Gasteiger partial charge is 0.369 e. The maximum Gasteiger partial charge on any atom is 0.211 e. The van der Waals surface area contributed by atoms with Gasteiger partial charge in [-0.3, -0.25) is 0 Å². The first-order valence-corrected chi connectivity index (χ1v) is 7.18. The third-order valence-corrected chi connectivity index (χ3v) is 3.90. The van der Waals surface area contributed by atoms with Crippen molar-refractivity contribution in [3.63, 3.8) is 0 Å². The first-order valence-electron chi connectivity index (χ1n) is 5.33. The van der Waals surface area contributed by atoms with Crippen LogP contribution in [0.4, 0.5) is 0 Å². The van der Waals surface area contributed by atoms with E-state index in [1.807, 2.05) is 0 Å². The van der Waals surface area contributed by atoms with Crippen LogP contribution in [-0.2, 0) is 14.8 Å². The fraction of sp³-hybridized carbons (Fsp3) is 0.600. The van der Waals surface area contributed by atoms with Gasteiger partial charge in [-0.2, -0.15) is 4.31 Å². The first-order chi connectivity index (χ1) is 7.97. The lowest BCUT2D eigenvalue weighted by molar-refractivity contribution is -0.00488. The number of aromatic nitrogens is 2. The van der Waals surface area contributed by atoms with Crippen LogP contribution in [-0.4, -0.2) is 48.6 Å². The standard InChI is InChI=1S/C10H15N3O3S/c1-8-11-4-3-9(12-8)10-7-13(5-6-16-10)17(2,14)15/h3-4,10H,5-7H2,1-2H3. The van der Waals surface area contributed by atoms with Crippen LogP contribution in [0, 0.1) is 6.92 Å². The molecular weight excluding hydrogens is 242 g/mol. The Bertz CT molecular complexity index is 503. The maximum absolute atomic E-state index is 11.5. The molecule has 94 valence electrons. The number of hydrogen-bond acceptors (Lipinski definition) is 5. The molecule has 7 heteroatoms. The number of sulfonamides is 1. The Kier molecular flexibility index (Phi) is 3.41. The van der Waals surface area contributed by atoms with Gasteiger partial charge in [0.1, 0.15) is 11.9 Å². The van der Waals surface area contributed by atoms with E-state index in [0.29, 0.717) is 25.5 Å². The molecule has 0 amide bonds. The summed E-state index contributed by atoms with van der Waals surface area (Å²) in [5.74, 6) is 0.655. The summed E-state index contributed by atoms with van der Waals surface area (Å²) in [6.45, 7) is 2.90. The third-order valence-electron chi connectivity index (χ3n) is 2.63. The van der Waals surface area contributed by atoms with Crippen molar-refractivity contribution in [2.45, 2.75) is 13.0 Å². The van der Waals surface area contributed by atoms with Crippen LogP contribution in [0.2, 0.25) is 0 Å². The summed E-state index contributed by atoms with van der Waals surface area (Å²) < 4.78 is 29.9. The van der Waals surface area contributed by atoms with Crippen molar-refractivity contribution in [2.24, 2.45) is 0 Å². The fourth-order valence-electron chi connectivity index (χ4n) is 1.76. The first kappa shape index (κ1) is 12.4. The van der Waals surface area contributed by atoms with Crippen LogP contribution < -0.4 is 0 Å². The van der Waals surface area contributed by atoms with Crippen molar-refractivity contribution < 1.29 is 13.2 Å². The van der Waals surface area contributed by atoms with E-state index in [1.54, 1.807) is 19.2 Å². The smallest absolute Gasteiger partial charge is 0.211 e. The van der Waals surface area contributed by atoms with Crippen molar-refractivity contribution in [3.05, 3.63) is 23.8 Å². The van der Waals surface area contributed by atoms with Crippen molar-refractivity contribution in [1.29, 1.82) is 0 Å². The van der Waals surface area contributed by atoms with Crippen LogP contribution >= 0.6 is 0 Å². The van der Waals surface area contributed by atoms with Gasteiger partial charge in [-0.1, -0.05) is 0 Å². The SMILES string of the molecule is Cc1nccc(C2CN(S(C)(=O)=O)CCO2)n1. The molecule has 1 aliphatic heterocycles. The lowest BCUT2D eigenvalue weighted by atomic mass is 10.2. The molecule has 0 spiro atoms. The Balaban J connectivity index is 2.18. The van der Waals surface area contributed by atoms with Crippen molar-refractivity contribution in [2.75, 3.05) is 26.0 Å². The van der Waals surface area contributed by atoms with E-state index in [9.17, 15) is 8.42 Å². The van der Waals surface area contributed by atoms with E-state index < -0.39 is 10.0 Å². The molecule has 1 unspecified atom stereocenters. The zero-order valence-corrected chi connectivity index (χ0v) is 10.6. The zero-order valence-electron chi connectivity index (χ0n) is 9.83. The van der Waals surface area contributed by atoms with Crippen molar-refractivity contribution >= 4 is 10.0 Å². The Hall–Kier alpha value is -1.05. The summed E-state index contributed by atoms with van der Waals surface area (Å²) in [7, 11) is -3.17. The lowest BCUT2D eigenvalue weighted by Gasteiger charge is -2.30. The van der Waals surface area contributed by atoms with E-state index in [1.165, 1.54) is 10.6 Å². The molecule has 1 aromatic heterocycles. The second-order valence-electron chi connectivity index (χ2n) is 4.01. The molecule has 0 aliphatic carbocycles. The predicted molar refractivity (Wildman–Crippen MR) is 61.9 cm³/mol. The Labute approximate surface area is 101 Å². The number of ether oxygens (including phenoxy) is 1. The lowest BCUT2D eigenvalue weighted by Crippen LogP contribution is -2.41. The molecule has 1 atom stereocenters. The van der Waals surface area contributed by atoms with Gasteiger partial charge in [-0.15, -0.1) is 0 Å². The minimum Gasteiger partial charge on any atom is -0.369 e. The maximum atomic E-state index is 11.5. The molecular formula is C10H15N3O3S. The van der Waals surface area contributed by atoms with E-state index in [4.69, 9.17) is 4.74 Å². The number of nitrogens with zero attached hydrogens (tertiary/aromatic N) is 3. The quantitative estimate of drug-likeness (QED) is 0.752. The van der Waals surface area contributed by atoms with E-state index >= 15 is 0 Å². The van der Waals surface area contributed by atoms with Gasteiger partial charge in [0.25, 0.3) is 0 Å². The summed E-state index contributed by atoms with van der Waals surface area (Å²) in [4.78, 5) is 8.26. The summed E-state index contributed by atoms with van der Waals surface area (Å²) in [5.41, 5.74) is 0.728. The summed E-state index contributed by atoms with van der Waals surface area (Å²) in [6, 6.07) is 1.75. The zero-order chi connectivity index (χ0) is 12.5. The number of aryl methyl sites for hydroxylation is 1. The van der Waals surface area contributed by atoms with Gasteiger partial charge >= 0.3 is 0 Å². The van der Waals surface area contributed by atoms with Crippen molar-refractivity contribution in [1.82, 2.24) is 14.3 Å². The van der Waals surface area contributed by atoms with Gasteiger partial charge in [0, 0.05) is 19.3 Å². The number of hydrogen-bond donors (Lipinski definition) is 0. The highest BCUT2D eigenvalue weighted by Crippen LogP contribution is 2.21. The highest BCUT2D eigenvalue weighted by Gasteiger charge is 2.28.